The zero-order valence-electron chi connectivity index (χ0n) is 14.3. The number of anilines is 2. The molecular formula is C19H17F3N2O3. The largest absolute Gasteiger partial charge is 0.484 e. The Morgan fingerprint density at radius 2 is 1.74 bits per heavy atom. The smallest absolute Gasteiger partial charge is 0.416 e. The summed E-state index contributed by atoms with van der Waals surface area (Å²) in [7, 11) is 0. The number of hydrogen-bond acceptors (Lipinski definition) is 3. The third-order valence-electron chi connectivity index (χ3n) is 4.09. The van der Waals surface area contributed by atoms with E-state index in [4.69, 9.17) is 4.74 Å². The van der Waals surface area contributed by atoms with Gasteiger partial charge in [-0.05, 0) is 55.0 Å². The molecule has 1 heterocycles. The van der Waals surface area contributed by atoms with Gasteiger partial charge in [-0.15, -0.1) is 0 Å². The molecule has 0 spiro atoms. The molecule has 1 aliphatic rings. The Morgan fingerprint density at radius 3 is 2.30 bits per heavy atom. The predicted molar refractivity (Wildman–Crippen MR) is 93.6 cm³/mol. The number of carbonyl (C=O) groups is 2. The van der Waals surface area contributed by atoms with Gasteiger partial charge in [-0.1, -0.05) is 0 Å². The standard InChI is InChI=1S/C19H17F3N2O3/c20-19(21,22)13-3-9-16(10-4-13)27-12-17(25)23-14-5-7-15(8-6-14)24-11-1-2-18(24)26/h3-10H,1-2,11-12H2,(H,23,25). The van der Waals surface area contributed by atoms with Crippen molar-refractivity contribution in [3.05, 3.63) is 54.1 Å². The van der Waals surface area contributed by atoms with Gasteiger partial charge in [0.25, 0.3) is 5.91 Å². The highest BCUT2D eigenvalue weighted by atomic mass is 19.4. The number of rotatable bonds is 5. The molecule has 0 aromatic heterocycles. The Bertz CT molecular complexity index is 818. The number of ether oxygens (including phenoxy) is 1. The average Bonchev–Trinajstić information content (AvgIpc) is 3.06. The molecule has 2 amide bonds. The minimum absolute atomic E-state index is 0.0803. The number of carbonyl (C=O) groups excluding carboxylic acids is 2. The summed E-state index contributed by atoms with van der Waals surface area (Å²) in [5, 5.41) is 2.63. The van der Waals surface area contributed by atoms with E-state index >= 15 is 0 Å². The quantitative estimate of drug-likeness (QED) is 0.860. The fourth-order valence-corrected chi connectivity index (χ4v) is 2.73. The fourth-order valence-electron chi connectivity index (χ4n) is 2.73. The van der Waals surface area contributed by atoms with E-state index in [0.717, 1.165) is 36.4 Å². The topological polar surface area (TPSA) is 58.6 Å². The van der Waals surface area contributed by atoms with Crippen molar-refractivity contribution in [1.29, 1.82) is 0 Å². The van der Waals surface area contributed by atoms with Gasteiger partial charge in [0.1, 0.15) is 5.75 Å². The van der Waals surface area contributed by atoms with Crippen LogP contribution in [0, 0.1) is 0 Å². The number of alkyl halides is 3. The zero-order valence-corrected chi connectivity index (χ0v) is 14.3. The van der Waals surface area contributed by atoms with E-state index in [2.05, 4.69) is 5.32 Å². The van der Waals surface area contributed by atoms with Crippen LogP contribution in [-0.2, 0) is 15.8 Å². The number of hydrogen-bond donors (Lipinski definition) is 1. The molecule has 0 saturated carbocycles. The number of halogens is 3. The molecule has 0 unspecified atom stereocenters. The van der Waals surface area contributed by atoms with Crippen molar-refractivity contribution in [2.45, 2.75) is 19.0 Å². The molecule has 0 radical (unpaired) electrons. The first-order valence-corrected chi connectivity index (χ1v) is 8.33. The first-order valence-electron chi connectivity index (χ1n) is 8.33. The summed E-state index contributed by atoms with van der Waals surface area (Å²) in [6, 6.07) is 11.0. The molecule has 2 aromatic carbocycles. The molecule has 3 rings (SSSR count). The minimum Gasteiger partial charge on any atom is -0.484 e. The Labute approximate surface area is 153 Å². The van der Waals surface area contributed by atoms with Crippen molar-refractivity contribution >= 4 is 23.2 Å². The molecule has 0 bridgehead atoms. The molecule has 8 heteroatoms. The maximum atomic E-state index is 12.5. The molecule has 1 aliphatic heterocycles. The molecule has 1 saturated heterocycles. The van der Waals surface area contributed by atoms with Crippen LogP contribution in [0.5, 0.6) is 5.75 Å². The van der Waals surface area contributed by atoms with Crippen molar-refractivity contribution in [1.82, 2.24) is 0 Å². The van der Waals surface area contributed by atoms with Gasteiger partial charge in [0.2, 0.25) is 5.91 Å². The van der Waals surface area contributed by atoms with Crippen LogP contribution in [0.15, 0.2) is 48.5 Å². The lowest BCUT2D eigenvalue weighted by Crippen LogP contribution is -2.23. The normalized spacial score (nSPS) is 14.3. The van der Waals surface area contributed by atoms with Gasteiger partial charge in [0, 0.05) is 24.3 Å². The van der Waals surface area contributed by atoms with Crippen molar-refractivity contribution in [3.63, 3.8) is 0 Å². The number of amides is 2. The van der Waals surface area contributed by atoms with E-state index in [1.54, 1.807) is 29.2 Å². The van der Waals surface area contributed by atoms with Crippen LogP contribution in [0.3, 0.4) is 0 Å². The van der Waals surface area contributed by atoms with E-state index in [1.807, 2.05) is 0 Å². The van der Waals surface area contributed by atoms with Gasteiger partial charge < -0.3 is 15.0 Å². The summed E-state index contributed by atoms with van der Waals surface area (Å²) in [5.41, 5.74) is 0.527. The SMILES string of the molecule is O=C(COc1ccc(C(F)(F)F)cc1)Nc1ccc(N2CCCC2=O)cc1. The van der Waals surface area contributed by atoms with Crippen LogP contribution in [0.4, 0.5) is 24.5 Å². The minimum atomic E-state index is -4.41. The summed E-state index contributed by atoms with van der Waals surface area (Å²) in [5.74, 6) is -0.197. The first kappa shape index (κ1) is 18.8. The van der Waals surface area contributed by atoms with Crippen molar-refractivity contribution < 1.29 is 27.5 Å². The maximum absolute atomic E-state index is 12.5. The molecule has 5 nitrogen and oxygen atoms in total. The monoisotopic (exact) mass is 378 g/mol. The molecular weight excluding hydrogens is 361 g/mol. The summed E-state index contributed by atoms with van der Waals surface area (Å²) in [6.07, 6.45) is -3.04. The maximum Gasteiger partial charge on any atom is 0.416 e. The second kappa shape index (κ2) is 7.69. The van der Waals surface area contributed by atoms with E-state index < -0.39 is 17.6 Å². The van der Waals surface area contributed by atoms with Crippen LogP contribution in [-0.4, -0.2) is 25.0 Å². The van der Waals surface area contributed by atoms with Gasteiger partial charge in [-0.25, -0.2) is 0 Å². The Kier molecular flexibility index (Phi) is 5.34. The van der Waals surface area contributed by atoms with E-state index in [9.17, 15) is 22.8 Å². The van der Waals surface area contributed by atoms with Crippen LogP contribution in [0.2, 0.25) is 0 Å². The zero-order chi connectivity index (χ0) is 19.4. The highest BCUT2D eigenvalue weighted by molar-refractivity contribution is 5.96. The van der Waals surface area contributed by atoms with Crippen molar-refractivity contribution in [2.24, 2.45) is 0 Å². The van der Waals surface area contributed by atoms with Crippen LogP contribution >= 0.6 is 0 Å². The van der Waals surface area contributed by atoms with Crippen LogP contribution in [0.1, 0.15) is 18.4 Å². The lowest BCUT2D eigenvalue weighted by molar-refractivity contribution is -0.137. The highest BCUT2D eigenvalue weighted by Gasteiger charge is 2.30. The second-order valence-electron chi connectivity index (χ2n) is 6.05. The first-order chi connectivity index (χ1) is 12.8. The van der Waals surface area contributed by atoms with Gasteiger partial charge in [0.05, 0.1) is 5.56 Å². The molecule has 2 aromatic rings. The fraction of sp³-hybridized carbons (Fsp3) is 0.263. The van der Waals surface area contributed by atoms with Gasteiger partial charge in [-0.3, -0.25) is 9.59 Å². The van der Waals surface area contributed by atoms with Gasteiger partial charge in [0.15, 0.2) is 6.61 Å². The van der Waals surface area contributed by atoms with E-state index in [-0.39, 0.29) is 18.3 Å². The summed E-state index contributed by atoms with van der Waals surface area (Å²) < 4.78 is 42.7. The Morgan fingerprint density at radius 1 is 1.07 bits per heavy atom. The molecule has 1 N–H and O–H groups in total. The molecule has 0 aliphatic carbocycles. The Balaban J connectivity index is 1.51. The second-order valence-corrected chi connectivity index (χ2v) is 6.05. The summed E-state index contributed by atoms with van der Waals surface area (Å²) in [4.78, 5) is 25.3. The summed E-state index contributed by atoms with van der Waals surface area (Å²) in [6.45, 7) is 0.350. The molecule has 142 valence electrons. The predicted octanol–water partition coefficient (Wildman–Crippen LogP) is 3.85. The van der Waals surface area contributed by atoms with Crippen molar-refractivity contribution in [2.75, 3.05) is 23.4 Å². The van der Waals surface area contributed by atoms with Crippen molar-refractivity contribution in [3.8, 4) is 5.75 Å². The van der Waals surface area contributed by atoms with E-state index in [1.165, 1.54) is 0 Å². The Hall–Kier alpha value is -3.03. The van der Waals surface area contributed by atoms with Crippen LogP contribution in [0.25, 0.3) is 0 Å². The molecule has 27 heavy (non-hydrogen) atoms. The van der Waals surface area contributed by atoms with Gasteiger partial charge in [-0.2, -0.15) is 13.2 Å². The van der Waals surface area contributed by atoms with E-state index in [0.29, 0.717) is 18.7 Å². The number of benzene rings is 2. The summed E-state index contributed by atoms with van der Waals surface area (Å²) >= 11 is 0. The highest BCUT2D eigenvalue weighted by Crippen LogP contribution is 2.30. The molecule has 1 fully saturated rings. The lowest BCUT2D eigenvalue weighted by Gasteiger charge is -2.16. The average molecular weight is 378 g/mol. The van der Waals surface area contributed by atoms with Crippen LogP contribution < -0.4 is 15.0 Å². The third-order valence-corrected chi connectivity index (χ3v) is 4.09. The molecule has 0 atom stereocenters. The third kappa shape index (κ3) is 4.78. The lowest BCUT2D eigenvalue weighted by atomic mass is 10.2. The number of nitrogens with zero attached hydrogens (tertiary/aromatic N) is 1. The number of nitrogens with one attached hydrogen (secondary N) is 1. The van der Waals surface area contributed by atoms with Gasteiger partial charge >= 0.3 is 6.18 Å².